The van der Waals surface area contributed by atoms with Crippen LogP contribution in [-0.4, -0.2) is 19.9 Å². The second-order valence-corrected chi connectivity index (χ2v) is 4.79. The van der Waals surface area contributed by atoms with Gasteiger partial charge in [0.25, 0.3) is 0 Å². The number of alkyl halides is 3. The van der Waals surface area contributed by atoms with Crippen molar-refractivity contribution >= 4 is 28.6 Å². The Bertz CT molecular complexity index is 815. The van der Waals surface area contributed by atoms with E-state index >= 15 is 0 Å². The van der Waals surface area contributed by atoms with E-state index in [1.165, 1.54) is 18.5 Å². The van der Waals surface area contributed by atoms with Gasteiger partial charge in [-0.3, -0.25) is 0 Å². The van der Waals surface area contributed by atoms with Crippen LogP contribution in [-0.2, 0) is 12.7 Å². The van der Waals surface area contributed by atoms with Gasteiger partial charge in [-0.25, -0.2) is 4.98 Å². The summed E-state index contributed by atoms with van der Waals surface area (Å²) in [5.74, 6) is 0.296. The first-order chi connectivity index (χ1) is 10.4. The van der Waals surface area contributed by atoms with Gasteiger partial charge in [-0.05, 0) is 23.2 Å². The number of nitrogens with one attached hydrogen (secondary N) is 2. The molecule has 5 nitrogen and oxygen atoms in total. The van der Waals surface area contributed by atoms with E-state index in [2.05, 4.69) is 25.3 Å². The lowest BCUT2D eigenvalue weighted by molar-refractivity contribution is -0.138. The normalized spacial score (nSPS) is 11.8. The molecule has 0 aliphatic carbocycles. The van der Waals surface area contributed by atoms with Crippen molar-refractivity contribution in [1.82, 2.24) is 19.9 Å². The summed E-state index contributed by atoms with van der Waals surface area (Å²) in [6.45, 7) is -0.0584. The highest BCUT2D eigenvalue weighted by Crippen LogP contribution is 2.32. The Labute approximate surface area is 127 Å². The number of nitrogens with zero attached hydrogens (tertiary/aromatic N) is 3. The molecule has 3 aromatic rings. The predicted molar refractivity (Wildman–Crippen MR) is 75.5 cm³/mol. The Kier molecular flexibility index (Phi) is 3.61. The fourth-order valence-corrected chi connectivity index (χ4v) is 2.23. The number of benzene rings is 1. The third-order valence-electron chi connectivity index (χ3n) is 3.03. The maximum absolute atomic E-state index is 13.0. The van der Waals surface area contributed by atoms with Gasteiger partial charge in [0.2, 0.25) is 5.28 Å². The minimum atomic E-state index is -4.41. The van der Waals surface area contributed by atoms with Crippen molar-refractivity contribution < 1.29 is 13.2 Å². The summed E-state index contributed by atoms with van der Waals surface area (Å²) in [5.41, 5.74) is 0.237. The molecule has 9 heteroatoms. The van der Waals surface area contributed by atoms with Crippen molar-refractivity contribution in [2.75, 3.05) is 5.32 Å². The zero-order valence-corrected chi connectivity index (χ0v) is 11.7. The van der Waals surface area contributed by atoms with Gasteiger partial charge in [-0.15, -0.1) is 0 Å². The summed E-state index contributed by atoms with van der Waals surface area (Å²) in [6, 6.07) is 5.34. The number of halogens is 4. The molecule has 0 spiro atoms. The smallest absolute Gasteiger partial charge is 0.364 e. The van der Waals surface area contributed by atoms with Crippen LogP contribution in [0.2, 0.25) is 5.28 Å². The highest BCUT2D eigenvalue weighted by atomic mass is 35.5. The average Bonchev–Trinajstić information content (AvgIpc) is 2.92. The van der Waals surface area contributed by atoms with E-state index in [0.29, 0.717) is 17.0 Å². The van der Waals surface area contributed by atoms with E-state index in [-0.39, 0.29) is 17.4 Å². The minimum absolute atomic E-state index is 0.0359. The number of rotatable bonds is 3. The number of anilines is 1. The first kappa shape index (κ1) is 14.6. The summed E-state index contributed by atoms with van der Waals surface area (Å²) in [5, 5.41) is 2.80. The number of hydrogen-bond acceptors (Lipinski definition) is 4. The molecule has 2 aromatic heterocycles. The molecule has 0 atom stereocenters. The molecule has 114 valence electrons. The minimum Gasteiger partial charge on any atom is -0.364 e. The number of fused-ring (bicyclic) bond motifs is 1. The van der Waals surface area contributed by atoms with E-state index in [9.17, 15) is 13.2 Å². The standard InChI is InChI=1S/C13H9ClF3N5/c14-12-21-10(9-11(22-12)20-6-19-9)18-5-7-3-1-2-4-8(7)13(15,16)17/h1-4,6H,5H2,(H2,18,19,20,21,22). The van der Waals surface area contributed by atoms with Crippen LogP contribution in [0.25, 0.3) is 11.2 Å². The predicted octanol–water partition coefficient (Wildman–Crippen LogP) is 3.64. The summed E-state index contributed by atoms with van der Waals surface area (Å²) >= 11 is 5.77. The SMILES string of the molecule is FC(F)(F)c1ccccc1CNc1nc(Cl)nc2nc[nH]c12. The van der Waals surface area contributed by atoms with Crippen LogP contribution in [0.1, 0.15) is 11.1 Å². The third kappa shape index (κ3) is 2.82. The van der Waals surface area contributed by atoms with Crippen molar-refractivity contribution in [3.8, 4) is 0 Å². The van der Waals surface area contributed by atoms with Gasteiger partial charge in [0.15, 0.2) is 11.5 Å². The number of H-pyrrole nitrogens is 1. The van der Waals surface area contributed by atoms with Crippen LogP contribution in [0, 0.1) is 0 Å². The van der Waals surface area contributed by atoms with Crippen molar-refractivity contribution in [2.24, 2.45) is 0 Å². The lowest BCUT2D eigenvalue weighted by Gasteiger charge is -2.13. The number of aromatic amines is 1. The van der Waals surface area contributed by atoms with Gasteiger partial charge in [0.05, 0.1) is 11.9 Å². The first-order valence-electron chi connectivity index (χ1n) is 6.21. The highest BCUT2D eigenvalue weighted by molar-refractivity contribution is 6.28. The lowest BCUT2D eigenvalue weighted by Crippen LogP contribution is -2.12. The molecule has 2 N–H and O–H groups in total. The number of imidazole rings is 1. The van der Waals surface area contributed by atoms with Gasteiger partial charge in [0, 0.05) is 6.54 Å². The van der Waals surface area contributed by atoms with Gasteiger partial charge in [0.1, 0.15) is 5.52 Å². The van der Waals surface area contributed by atoms with Crippen LogP contribution < -0.4 is 5.32 Å². The molecular weight excluding hydrogens is 319 g/mol. The zero-order valence-electron chi connectivity index (χ0n) is 10.9. The molecule has 0 unspecified atom stereocenters. The van der Waals surface area contributed by atoms with E-state index in [1.54, 1.807) is 6.07 Å². The molecule has 0 saturated carbocycles. The van der Waals surface area contributed by atoms with Gasteiger partial charge < -0.3 is 10.3 Å². The largest absolute Gasteiger partial charge is 0.416 e. The zero-order chi connectivity index (χ0) is 15.7. The summed E-state index contributed by atoms with van der Waals surface area (Å²) in [6.07, 6.45) is -3.00. The lowest BCUT2D eigenvalue weighted by atomic mass is 10.1. The van der Waals surface area contributed by atoms with Crippen molar-refractivity contribution in [3.05, 3.63) is 47.0 Å². The van der Waals surface area contributed by atoms with Crippen LogP contribution in [0.5, 0.6) is 0 Å². The monoisotopic (exact) mass is 327 g/mol. The molecule has 0 radical (unpaired) electrons. The summed E-state index contributed by atoms with van der Waals surface area (Å²) in [4.78, 5) is 14.6. The number of hydrogen-bond donors (Lipinski definition) is 2. The molecule has 1 aromatic carbocycles. The number of aromatic nitrogens is 4. The Hall–Kier alpha value is -2.35. The third-order valence-corrected chi connectivity index (χ3v) is 3.20. The first-order valence-corrected chi connectivity index (χ1v) is 6.58. The second kappa shape index (κ2) is 5.45. The molecule has 0 amide bonds. The Morgan fingerprint density at radius 3 is 2.73 bits per heavy atom. The van der Waals surface area contributed by atoms with Crippen molar-refractivity contribution in [3.63, 3.8) is 0 Å². The van der Waals surface area contributed by atoms with Gasteiger partial charge >= 0.3 is 6.18 Å². The van der Waals surface area contributed by atoms with Crippen LogP contribution in [0.4, 0.5) is 19.0 Å². The van der Waals surface area contributed by atoms with Gasteiger partial charge in [-0.2, -0.15) is 23.1 Å². The molecule has 0 aliphatic heterocycles. The quantitative estimate of drug-likeness (QED) is 0.721. The Balaban J connectivity index is 1.91. The maximum atomic E-state index is 13.0. The fraction of sp³-hybridized carbons (Fsp3) is 0.154. The van der Waals surface area contributed by atoms with Gasteiger partial charge in [-0.1, -0.05) is 18.2 Å². The molecule has 0 bridgehead atoms. The van der Waals surface area contributed by atoms with Crippen LogP contribution in [0.15, 0.2) is 30.6 Å². The Morgan fingerprint density at radius 1 is 1.18 bits per heavy atom. The molecule has 0 saturated heterocycles. The second-order valence-electron chi connectivity index (χ2n) is 4.45. The average molecular weight is 328 g/mol. The molecule has 2 heterocycles. The maximum Gasteiger partial charge on any atom is 0.416 e. The van der Waals surface area contributed by atoms with Crippen molar-refractivity contribution in [1.29, 1.82) is 0 Å². The van der Waals surface area contributed by atoms with E-state index < -0.39 is 11.7 Å². The van der Waals surface area contributed by atoms with Crippen molar-refractivity contribution in [2.45, 2.75) is 12.7 Å². The van der Waals surface area contributed by atoms with E-state index in [0.717, 1.165) is 6.07 Å². The molecule has 22 heavy (non-hydrogen) atoms. The Morgan fingerprint density at radius 2 is 1.95 bits per heavy atom. The molecule has 0 fully saturated rings. The fourth-order valence-electron chi connectivity index (χ4n) is 2.06. The summed E-state index contributed by atoms with van der Waals surface area (Å²) < 4.78 is 38.9. The topological polar surface area (TPSA) is 66.5 Å². The molecular formula is C13H9ClF3N5. The van der Waals surface area contributed by atoms with E-state index in [1.807, 2.05) is 0 Å². The van der Waals surface area contributed by atoms with Crippen LogP contribution >= 0.6 is 11.6 Å². The summed E-state index contributed by atoms with van der Waals surface area (Å²) in [7, 11) is 0. The van der Waals surface area contributed by atoms with Crippen LogP contribution in [0.3, 0.4) is 0 Å². The molecule has 3 rings (SSSR count). The van der Waals surface area contributed by atoms with E-state index in [4.69, 9.17) is 11.6 Å². The highest BCUT2D eigenvalue weighted by Gasteiger charge is 2.32. The molecule has 0 aliphatic rings.